The van der Waals surface area contributed by atoms with Gasteiger partial charge in [0.1, 0.15) is 11.6 Å². The molecule has 3 heterocycles. The van der Waals surface area contributed by atoms with Gasteiger partial charge in [0, 0.05) is 36.7 Å². The number of amides is 1. The molecular weight excluding hydrogens is 388 g/mol. The monoisotopic (exact) mass is 414 g/mol. The molecule has 0 unspecified atom stereocenters. The van der Waals surface area contributed by atoms with Gasteiger partial charge in [0.2, 0.25) is 15.9 Å². The van der Waals surface area contributed by atoms with Crippen molar-refractivity contribution in [1.29, 1.82) is 0 Å². The highest BCUT2D eigenvalue weighted by atomic mass is 32.2. The molecule has 0 saturated carbocycles. The number of aromatic nitrogens is 2. The summed E-state index contributed by atoms with van der Waals surface area (Å²) in [5, 5.41) is 0. The zero-order valence-electron chi connectivity index (χ0n) is 16.8. The van der Waals surface area contributed by atoms with Gasteiger partial charge in [0.15, 0.2) is 0 Å². The molecule has 2 aromatic rings. The van der Waals surface area contributed by atoms with Gasteiger partial charge in [-0.05, 0) is 32.3 Å². The molecule has 0 radical (unpaired) electrons. The van der Waals surface area contributed by atoms with Gasteiger partial charge in [-0.2, -0.15) is 0 Å². The predicted molar refractivity (Wildman–Crippen MR) is 111 cm³/mol. The van der Waals surface area contributed by atoms with Crippen LogP contribution in [0.2, 0.25) is 0 Å². The summed E-state index contributed by atoms with van der Waals surface area (Å²) in [7, 11) is -3.21. The first-order valence-corrected chi connectivity index (χ1v) is 11.7. The lowest BCUT2D eigenvalue weighted by Gasteiger charge is -2.30. The van der Waals surface area contributed by atoms with Crippen LogP contribution in [0.4, 0.5) is 5.82 Å². The van der Waals surface area contributed by atoms with E-state index in [2.05, 4.69) is 0 Å². The lowest BCUT2D eigenvalue weighted by Crippen LogP contribution is -2.36. The molecule has 0 aliphatic carbocycles. The zero-order chi connectivity index (χ0) is 20.6. The molecule has 2 aliphatic heterocycles. The van der Waals surface area contributed by atoms with E-state index in [0.717, 1.165) is 16.8 Å². The van der Waals surface area contributed by atoms with Gasteiger partial charge < -0.3 is 0 Å². The van der Waals surface area contributed by atoms with Crippen molar-refractivity contribution >= 4 is 21.7 Å². The van der Waals surface area contributed by atoms with Gasteiger partial charge in [-0.25, -0.2) is 22.7 Å². The summed E-state index contributed by atoms with van der Waals surface area (Å²) in [6, 6.07) is 9.88. The second-order valence-corrected chi connectivity index (χ2v) is 9.94. The first-order chi connectivity index (χ1) is 13.9. The van der Waals surface area contributed by atoms with E-state index in [1.54, 1.807) is 11.8 Å². The highest BCUT2D eigenvalue weighted by molar-refractivity contribution is 7.89. The van der Waals surface area contributed by atoms with Crippen LogP contribution in [0.5, 0.6) is 0 Å². The minimum absolute atomic E-state index is 0.0454. The first-order valence-electron chi connectivity index (χ1n) is 10.1. The van der Waals surface area contributed by atoms with E-state index in [0.29, 0.717) is 50.5 Å². The Balaban J connectivity index is 1.66. The summed E-state index contributed by atoms with van der Waals surface area (Å²) in [6.07, 6.45) is 1.80. The number of hydrogen-bond acceptors (Lipinski definition) is 5. The Bertz CT molecular complexity index is 1020. The fourth-order valence-electron chi connectivity index (χ4n) is 4.09. The Morgan fingerprint density at radius 3 is 2.62 bits per heavy atom. The lowest BCUT2D eigenvalue weighted by molar-refractivity contribution is -0.119. The molecule has 154 valence electrons. The van der Waals surface area contributed by atoms with Crippen molar-refractivity contribution in [3.05, 3.63) is 53.0 Å². The molecule has 0 N–H and O–H groups in total. The molecule has 29 heavy (non-hydrogen) atoms. The predicted octanol–water partition coefficient (Wildman–Crippen LogP) is 2.40. The molecular formula is C21H26N4O3S. The Kier molecular flexibility index (Phi) is 5.40. The maximum absolute atomic E-state index is 12.7. The number of fused-ring (bicyclic) bond motifs is 1. The average Bonchev–Trinajstić information content (AvgIpc) is 3.22. The highest BCUT2D eigenvalue weighted by Gasteiger charge is 2.35. The summed E-state index contributed by atoms with van der Waals surface area (Å²) in [5.74, 6) is 1.44. The zero-order valence-corrected chi connectivity index (χ0v) is 17.7. The third-order valence-corrected chi connectivity index (χ3v) is 7.66. The van der Waals surface area contributed by atoms with Gasteiger partial charge >= 0.3 is 0 Å². The second-order valence-electron chi connectivity index (χ2n) is 7.68. The fraction of sp³-hybridized carbons (Fsp3) is 0.476. The number of carbonyl (C=O) groups is 1. The van der Waals surface area contributed by atoms with E-state index >= 15 is 0 Å². The molecule has 1 aromatic carbocycles. The van der Waals surface area contributed by atoms with Crippen molar-refractivity contribution in [3.63, 3.8) is 0 Å². The molecule has 2 aliphatic rings. The number of nitrogens with zero attached hydrogens (tertiary/aromatic N) is 4. The van der Waals surface area contributed by atoms with E-state index in [1.807, 2.05) is 37.3 Å². The van der Waals surface area contributed by atoms with Gasteiger partial charge in [0.25, 0.3) is 0 Å². The number of carbonyl (C=O) groups excluding carboxylic acids is 1. The molecule has 4 rings (SSSR count). The maximum atomic E-state index is 12.7. The number of hydrogen-bond donors (Lipinski definition) is 0. The molecule has 0 bridgehead atoms. The largest absolute Gasteiger partial charge is 0.292 e. The van der Waals surface area contributed by atoms with E-state index in [4.69, 9.17) is 9.97 Å². The van der Waals surface area contributed by atoms with Crippen molar-refractivity contribution in [2.45, 2.75) is 45.6 Å². The Labute approximate surface area is 171 Å². The summed E-state index contributed by atoms with van der Waals surface area (Å²) in [6.45, 7) is 4.99. The van der Waals surface area contributed by atoms with Crippen molar-refractivity contribution in [2.75, 3.05) is 23.7 Å². The van der Waals surface area contributed by atoms with Crippen LogP contribution in [0.3, 0.4) is 0 Å². The minimum atomic E-state index is -3.21. The van der Waals surface area contributed by atoms with Crippen molar-refractivity contribution < 1.29 is 13.2 Å². The summed E-state index contributed by atoms with van der Waals surface area (Å²) in [5.41, 5.74) is 2.94. The number of sulfonamides is 1. The molecule has 1 amide bonds. The smallest absolute Gasteiger partial charge is 0.228 e. The molecule has 8 heteroatoms. The summed E-state index contributed by atoms with van der Waals surface area (Å²) in [4.78, 5) is 24.0. The topological polar surface area (TPSA) is 83.5 Å². The Morgan fingerprint density at radius 2 is 1.90 bits per heavy atom. The van der Waals surface area contributed by atoms with Crippen LogP contribution in [-0.4, -0.2) is 47.4 Å². The van der Waals surface area contributed by atoms with Crippen LogP contribution >= 0.6 is 0 Å². The third-order valence-electron chi connectivity index (χ3n) is 5.81. The molecule has 1 aromatic heterocycles. The van der Waals surface area contributed by atoms with Gasteiger partial charge in [0.05, 0.1) is 12.3 Å². The van der Waals surface area contributed by atoms with Crippen LogP contribution in [-0.2, 0) is 27.8 Å². The van der Waals surface area contributed by atoms with Crippen LogP contribution in [0, 0.1) is 6.92 Å². The Hall–Kier alpha value is -2.32. The quantitative estimate of drug-likeness (QED) is 0.750. The number of anilines is 1. The van der Waals surface area contributed by atoms with Crippen molar-refractivity contribution in [3.8, 4) is 0 Å². The highest BCUT2D eigenvalue weighted by Crippen LogP contribution is 2.33. The van der Waals surface area contributed by atoms with Crippen LogP contribution in [0.1, 0.15) is 48.3 Å². The van der Waals surface area contributed by atoms with Gasteiger partial charge in [-0.15, -0.1) is 0 Å². The van der Waals surface area contributed by atoms with Crippen LogP contribution in [0.15, 0.2) is 30.3 Å². The molecule has 1 atom stereocenters. The lowest BCUT2D eigenvalue weighted by atomic mass is 10.0. The number of benzene rings is 1. The maximum Gasteiger partial charge on any atom is 0.228 e. The van der Waals surface area contributed by atoms with E-state index in [1.165, 1.54) is 4.31 Å². The summed E-state index contributed by atoms with van der Waals surface area (Å²) >= 11 is 0. The normalized spacial score (nSPS) is 20.1. The fourth-order valence-corrected chi connectivity index (χ4v) is 5.24. The van der Waals surface area contributed by atoms with Gasteiger partial charge in [-0.1, -0.05) is 30.3 Å². The first kappa shape index (κ1) is 20.0. The van der Waals surface area contributed by atoms with E-state index in [9.17, 15) is 13.2 Å². The Morgan fingerprint density at radius 1 is 1.14 bits per heavy atom. The SMILES string of the molecule is CCS(=O)(=O)N1CC[C@H](c2nc(C)c3c(n2)N(Cc2ccccc2)C(=O)CC3)C1. The molecule has 0 spiro atoms. The molecule has 7 nitrogen and oxygen atoms in total. The van der Waals surface area contributed by atoms with E-state index < -0.39 is 10.0 Å². The standard InChI is InChI=1S/C21H26N4O3S/c1-3-29(27,28)24-12-11-17(14-24)20-22-15(2)18-9-10-19(26)25(21(18)23-20)13-16-7-5-4-6-8-16/h4-8,17H,3,9-14H2,1-2H3/t17-/m0/s1. The van der Waals surface area contributed by atoms with Crippen LogP contribution < -0.4 is 4.90 Å². The van der Waals surface area contributed by atoms with Gasteiger partial charge in [-0.3, -0.25) is 9.69 Å². The molecule has 1 fully saturated rings. The summed E-state index contributed by atoms with van der Waals surface area (Å²) < 4.78 is 25.9. The number of rotatable bonds is 5. The average molecular weight is 415 g/mol. The third kappa shape index (κ3) is 3.91. The van der Waals surface area contributed by atoms with Crippen molar-refractivity contribution in [1.82, 2.24) is 14.3 Å². The van der Waals surface area contributed by atoms with E-state index in [-0.39, 0.29) is 17.6 Å². The second kappa shape index (κ2) is 7.84. The van der Waals surface area contributed by atoms with Crippen LogP contribution in [0.25, 0.3) is 0 Å². The molecule has 1 saturated heterocycles. The number of aryl methyl sites for hydroxylation is 1. The minimum Gasteiger partial charge on any atom is -0.292 e. The van der Waals surface area contributed by atoms with Crippen molar-refractivity contribution in [2.24, 2.45) is 0 Å².